The first-order valence-corrected chi connectivity index (χ1v) is 43.5. The van der Waals surface area contributed by atoms with Gasteiger partial charge in [0.25, 0.3) is 0 Å². The lowest BCUT2D eigenvalue weighted by molar-refractivity contribution is -0.161. The third-order valence-electron chi connectivity index (χ3n) is 17.3. The SMILES string of the molecule is CC/C=C\C/C=C\C/C=C\CCCCCCCCCC(=O)OCC(COP(=O)(O)OCC(O)COP(=O)(O)OCC(O)COC(=O)CCCCCCCCCCCCCCCCCCC/C=C\C/C=C\C/C=C\C/C=C\CCCCC)OC(=O)CCCCCCC/C=C\CCCCCCCC. The van der Waals surface area contributed by atoms with Gasteiger partial charge in [0.2, 0.25) is 0 Å². The Bertz CT molecular complexity index is 2220. The topological polar surface area (TPSA) is 231 Å². The van der Waals surface area contributed by atoms with Crippen LogP contribution in [0.3, 0.4) is 0 Å². The van der Waals surface area contributed by atoms with E-state index in [2.05, 4.69) is 118 Å². The van der Waals surface area contributed by atoms with Gasteiger partial charge in [0.1, 0.15) is 25.4 Å². The predicted octanol–water partition coefficient (Wildman–Crippen LogP) is 23.8. The zero-order valence-electron chi connectivity index (χ0n) is 64.1. The van der Waals surface area contributed by atoms with Crippen LogP contribution >= 0.6 is 15.6 Å². The maximum Gasteiger partial charge on any atom is 0.472 e. The van der Waals surface area contributed by atoms with E-state index >= 15 is 0 Å². The monoisotopic (exact) mass is 1460 g/mol. The van der Waals surface area contributed by atoms with E-state index in [1.165, 1.54) is 154 Å². The van der Waals surface area contributed by atoms with Gasteiger partial charge in [-0.3, -0.25) is 32.5 Å². The van der Waals surface area contributed by atoms with Gasteiger partial charge in [0, 0.05) is 19.3 Å². The van der Waals surface area contributed by atoms with Gasteiger partial charge in [-0.2, -0.15) is 0 Å². The molecule has 18 heteroatoms. The quantitative estimate of drug-likeness (QED) is 0.0146. The highest BCUT2D eigenvalue weighted by molar-refractivity contribution is 7.47. The van der Waals surface area contributed by atoms with Gasteiger partial charge in [0.15, 0.2) is 6.10 Å². The number of ether oxygens (including phenoxy) is 3. The van der Waals surface area contributed by atoms with Crippen molar-refractivity contribution in [3.05, 3.63) is 97.2 Å². The van der Waals surface area contributed by atoms with Crippen molar-refractivity contribution in [2.24, 2.45) is 0 Å². The maximum atomic E-state index is 12.9. The normalized spacial score (nSPS) is 14.5. The van der Waals surface area contributed by atoms with E-state index in [0.29, 0.717) is 19.3 Å². The number of carbonyl (C=O) groups is 3. The number of carbonyl (C=O) groups excluding carboxylic acids is 3. The molecule has 586 valence electrons. The lowest BCUT2D eigenvalue weighted by atomic mass is 10.0. The van der Waals surface area contributed by atoms with Crippen molar-refractivity contribution in [2.75, 3.05) is 39.6 Å². The smallest absolute Gasteiger partial charge is 0.463 e. The molecule has 0 aromatic carbocycles. The van der Waals surface area contributed by atoms with Gasteiger partial charge in [0.05, 0.1) is 26.4 Å². The molecule has 4 N–H and O–H groups in total. The molecule has 0 bridgehead atoms. The van der Waals surface area contributed by atoms with Crippen molar-refractivity contribution in [1.82, 2.24) is 0 Å². The Hall–Kier alpha value is -3.53. The van der Waals surface area contributed by atoms with Crippen LogP contribution in [0.2, 0.25) is 0 Å². The fraction of sp³-hybridized carbons (Fsp3) is 0.771. The van der Waals surface area contributed by atoms with Gasteiger partial charge in [-0.1, -0.05) is 311 Å². The zero-order chi connectivity index (χ0) is 73.7. The highest BCUT2D eigenvalue weighted by Crippen LogP contribution is 2.45. The largest absolute Gasteiger partial charge is 0.472 e. The van der Waals surface area contributed by atoms with Crippen LogP contribution in [0.25, 0.3) is 0 Å². The molecule has 0 saturated heterocycles. The van der Waals surface area contributed by atoms with Crippen molar-refractivity contribution >= 4 is 33.6 Å². The van der Waals surface area contributed by atoms with E-state index in [0.717, 1.165) is 141 Å². The molecule has 0 fully saturated rings. The molecule has 0 aliphatic heterocycles. The summed E-state index contributed by atoms with van der Waals surface area (Å²) in [6.07, 6.45) is 87.6. The van der Waals surface area contributed by atoms with Gasteiger partial charge >= 0.3 is 33.6 Å². The van der Waals surface area contributed by atoms with E-state index in [-0.39, 0.29) is 19.3 Å². The van der Waals surface area contributed by atoms with E-state index in [4.69, 9.17) is 32.3 Å². The lowest BCUT2D eigenvalue weighted by Crippen LogP contribution is -2.30. The molecule has 0 heterocycles. The Morgan fingerprint density at radius 1 is 0.287 bits per heavy atom. The molecule has 5 atom stereocenters. The van der Waals surface area contributed by atoms with Crippen LogP contribution in [-0.4, -0.2) is 95.9 Å². The molecule has 0 aromatic rings. The third-order valence-corrected chi connectivity index (χ3v) is 19.2. The van der Waals surface area contributed by atoms with E-state index in [1.54, 1.807) is 0 Å². The van der Waals surface area contributed by atoms with Crippen LogP contribution in [-0.2, 0) is 55.8 Å². The number of phosphoric ester groups is 2. The number of rotatable bonds is 77. The number of esters is 3. The Balaban J connectivity index is 4.40. The van der Waals surface area contributed by atoms with Gasteiger partial charge < -0.3 is 34.2 Å². The Labute approximate surface area is 616 Å². The summed E-state index contributed by atoms with van der Waals surface area (Å²) in [5.74, 6) is -1.58. The second-order valence-electron chi connectivity index (χ2n) is 27.2. The second-order valence-corrected chi connectivity index (χ2v) is 30.1. The highest BCUT2D eigenvalue weighted by Gasteiger charge is 2.29. The van der Waals surface area contributed by atoms with Crippen LogP contribution < -0.4 is 0 Å². The molecule has 0 radical (unpaired) electrons. The standard InChI is InChI=1S/C83H148O16P2/c1-4-7-10-13-16-19-22-25-28-30-31-32-33-34-35-36-37-38-39-40-41-42-43-44-45-47-50-51-54-57-60-63-66-69-81(86)93-72-78(84)73-95-100(89,90)96-74-79(85)75-97-101(91,92)98-77-80(99-83(88)71-68-65-62-59-56-53-48-27-24-21-18-15-12-9-6-3)76-94-82(87)70-67-64-61-58-55-52-49-46-29-26-23-20-17-14-11-8-5-2/h8,11,16-17,19-20,25-29,31-32,34-35,48,78-80,84-85H,4-7,9-10,12-15,18,21-24,30,33,36-47,49-77H2,1-3H3,(H,89,90)(H,91,92)/b11-8-,19-16-,20-17-,28-25-,29-26-,32-31-,35-34-,48-27-. The minimum Gasteiger partial charge on any atom is -0.463 e. The molecule has 0 aromatic heterocycles. The Morgan fingerprint density at radius 2 is 0.525 bits per heavy atom. The molecule has 16 nitrogen and oxygen atoms in total. The zero-order valence-corrected chi connectivity index (χ0v) is 65.9. The summed E-state index contributed by atoms with van der Waals surface area (Å²) < 4.78 is 61.1. The summed E-state index contributed by atoms with van der Waals surface area (Å²) in [5.41, 5.74) is 0. The Morgan fingerprint density at radius 3 is 0.861 bits per heavy atom. The summed E-state index contributed by atoms with van der Waals surface area (Å²) in [5, 5.41) is 20.6. The molecule has 5 unspecified atom stereocenters. The first-order chi connectivity index (χ1) is 49.2. The number of aliphatic hydroxyl groups is 2. The van der Waals surface area contributed by atoms with Crippen LogP contribution in [0.1, 0.15) is 355 Å². The van der Waals surface area contributed by atoms with E-state index < -0.39 is 91.5 Å². The van der Waals surface area contributed by atoms with Gasteiger partial charge in [-0.25, -0.2) is 9.13 Å². The molecule has 0 spiro atoms. The molecular formula is C83H148O16P2. The molecule has 101 heavy (non-hydrogen) atoms. The van der Waals surface area contributed by atoms with Crippen molar-refractivity contribution in [2.45, 2.75) is 373 Å². The molecule has 0 aliphatic carbocycles. The van der Waals surface area contributed by atoms with Crippen molar-refractivity contribution in [1.29, 1.82) is 0 Å². The molecule has 0 saturated carbocycles. The number of phosphoric acid groups is 2. The fourth-order valence-electron chi connectivity index (χ4n) is 11.1. The molecule has 0 rings (SSSR count). The van der Waals surface area contributed by atoms with E-state index in [9.17, 15) is 43.5 Å². The highest BCUT2D eigenvalue weighted by atomic mass is 31.2. The molecule has 0 aliphatic rings. The summed E-state index contributed by atoms with van der Waals surface area (Å²) in [6.45, 7) is 2.55. The lowest BCUT2D eigenvalue weighted by Gasteiger charge is -2.21. The number of allylic oxidation sites excluding steroid dienone is 16. The van der Waals surface area contributed by atoms with Crippen molar-refractivity contribution in [3.63, 3.8) is 0 Å². The fourth-order valence-corrected chi connectivity index (χ4v) is 12.7. The number of hydrogen-bond acceptors (Lipinski definition) is 14. The maximum absolute atomic E-state index is 12.9. The van der Waals surface area contributed by atoms with Crippen molar-refractivity contribution < 1.29 is 75.8 Å². The van der Waals surface area contributed by atoms with Crippen LogP contribution in [0.15, 0.2) is 97.2 Å². The minimum atomic E-state index is -4.93. The number of aliphatic hydroxyl groups excluding tert-OH is 2. The molecule has 0 amide bonds. The summed E-state index contributed by atoms with van der Waals surface area (Å²) >= 11 is 0. The summed E-state index contributed by atoms with van der Waals surface area (Å²) in [4.78, 5) is 58.6. The first-order valence-electron chi connectivity index (χ1n) is 40.5. The summed E-state index contributed by atoms with van der Waals surface area (Å²) in [6, 6.07) is 0. The van der Waals surface area contributed by atoms with E-state index in [1.807, 2.05) is 0 Å². The minimum absolute atomic E-state index is 0.0936. The molecular weight excluding hydrogens is 1310 g/mol. The predicted molar refractivity (Wildman–Crippen MR) is 417 cm³/mol. The second kappa shape index (κ2) is 76.1. The average molecular weight is 1460 g/mol. The van der Waals surface area contributed by atoms with Crippen molar-refractivity contribution in [3.8, 4) is 0 Å². The summed E-state index contributed by atoms with van der Waals surface area (Å²) in [7, 11) is -9.78. The number of unbranched alkanes of at least 4 members (excludes halogenated alkanes) is 38. The van der Waals surface area contributed by atoms with Gasteiger partial charge in [-0.05, 0) is 122 Å². The first kappa shape index (κ1) is 97.5. The Kier molecular flexibility index (Phi) is 73.5. The average Bonchev–Trinajstić information content (AvgIpc) is 0.944. The van der Waals surface area contributed by atoms with Crippen LogP contribution in [0.4, 0.5) is 0 Å². The van der Waals surface area contributed by atoms with Crippen LogP contribution in [0.5, 0.6) is 0 Å². The third kappa shape index (κ3) is 77.4. The number of hydrogen-bond donors (Lipinski definition) is 4. The van der Waals surface area contributed by atoms with Gasteiger partial charge in [-0.15, -0.1) is 0 Å². The van der Waals surface area contributed by atoms with Crippen LogP contribution in [0, 0.1) is 0 Å².